The number of halogens is 2. The fourth-order valence-electron chi connectivity index (χ4n) is 3.59. The first kappa shape index (κ1) is 19.5. The van der Waals surface area contributed by atoms with Crippen molar-refractivity contribution in [1.29, 1.82) is 5.26 Å². The van der Waals surface area contributed by atoms with E-state index in [9.17, 15) is 18.8 Å². The molecule has 0 aliphatic heterocycles. The van der Waals surface area contributed by atoms with E-state index in [2.05, 4.69) is 11.2 Å². The van der Waals surface area contributed by atoms with E-state index in [1.54, 1.807) is 31.2 Å². The van der Waals surface area contributed by atoms with Crippen LogP contribution < -0.4 is 5.56 Å². The highest BCUT2D eigenvalue weighted by molar-refractivity contribution is 5.85. The molecule has 0 N–H and O–H groups in total. The Labute approximate surface area is 171 Å². The van der Waals surface area contributed by atoms with Gasteiger partial charge in [-0.1, -0.05) is 48.5 Å². The lowest BCUT2D eigenvalue weighted by Crippen LogP contribution is -2.31. The van der Waals surface area contributed by atoms with Gasteiger partial charge in [-0.25, -0.2) is 8.78 Å². The molecule has 0 radical (unpaired) electrons. The van der Waals surface area contributed by atoms with Gasteiger partial charge in [0, 0.05) is 11.5 Å². The molecule has 0 saturated heterocycles. The third-order valence-corrected chi connectivity index (χ3v) is 5.11. The standard InChI is InChI=1S/C24H17F2N3O/c1-24(15-27,14-16-7-3-2-4-8-16)22-18-9-5-6-10-19(18)23(30)29(28-22)21-12-11-17(25)13-20(21)26/h2-13H,14H2,1H3. The van der Waals surface area contributed by atoms with Crippen molar-refractivity contribution in [1.82, 2.24) is 9.78 Å². The van der Waals surface area contributed by atoms with Gasteiger partial charge in [-0.15, -0.1) is 0 Å². The van der Waals surface area contributed by atoms with Gasteiger partial charge in [-0.2, -0.15) is 15.0 Å². The molecule has 1 atom stereocenters. The molecule has 4 aromatic rings. The maximum absolute atomic E-state index is 14.5. The van der Waals surface area contributed by atoms with Crippen molar-refractivity contribution in [2.75, 3.05) is 0 Å². The maximum Gasteiger partial charge on any atom is 0.279 e. The van der Waals surface area contributed by atoms with E-state index in [1.807, 2.05) is 30.3 Å². The zero-order valence-electron chi connectivity index (χ0n) is 16.1. The van der Waals surface area contributed by atoms with Crippen LogP contribution in [0.4, 0.5) is 8.78 Å². The molecule has 148 valence electrons. The Balaban J connectivity index is 2.01. The number of benzene rings is 3. The maximum atomic E-state index is 14.5. The molecule has 0 saturated carbocycles. The van der Waals surface area contributed by atoms with Crippen LogP contribution in [0.3, 0.4) is 0 Å². The lowest BCUT2D eigenvalue weighted by atomic mass is 9.80. The molecule has 6 heteroatoms. The Bertz CT molecular complexity index is 1340. The van der Waals surface area contributed by atoms with Gasteiger partial charge >= 0.3 is 0 Å². The van der Waals surface area contributed by atoms with Crippen molar-refractivity contribution >= 4 is 10.8 Å². The van der Waals surface area contributed by atoms with E-state index in [1.165, 1.54) is 6.07 Å². The van der Waals surface area contributed by atoms with Crippen LogP contribution in [0.15, 0.2) is 77.6 Å². The topological polar surface area (TPSA) is 58.7 Å². The number of rotatable bonds is 4. The largest absolute Gasteiger partial charge is 0.279 e. The van der Waals surface area contributed by atoms with Gasteiger partial charge in [-0.3, -0.25) is 4.79 Å². The number of nitriles is 1. The first-order chi connectivity index (χ1) is 14.4. The van der Waals surface area contributed by atoms with Gasteiger partial charge in [0.2, 0.25) is 0 Å². The molecular formula is C24H17F2N3O. The number of aromatic nitrogens is 2. The zero-order chi connectivity index (χ0) is 21.3. The van der Waals surface area contributed by atoms with Gasteiger partial charge < -0.3 is 0 Å². The van der Waals surface area contributed by atoms with Gasteiger partial charge in [0.1, 0.15) is 16.9 Å². The molecule has 0 bridgehead atoms. The molecule has 3 aromatic carbocycles. The highest BCUT2D eigenvalue weighted by Crippen LogP contribution is 2.31. The summed E-state index contributed by atoms with van der Waals surface area (Å²) in [5, 5.41) is 15.3. The normalized spacial score (nSPS) is 13.0. The SMILES string of the molecule is CC(C#N)(Cc1ccccc1)c1nn(-c2ccc(F)cc2F)c(=O)c2ccccc12. The van der Waals surface area contributed by atoms with Crippen molar-refractivity contribution < 1.29 is 8.78 Å². The van der Waals surface area contributed by atoms with Crippen LogP contribution in [0, 0.1) is 23.0 Å². The fraction of sp³-hybridized carbons (Fsp3) is 0.125. The predicted octanol–water partition coefficient (Wildman–Crippen LogP) is 4.69. The number of hydrogen-bond acceptors (Lipinski definition) is 3. The third-order valence-electron chi connectivity index (χ3n) is 5.11. The average molecular weight is 401 g/mol. The van der Waals surface area contributed by atoms with Crippen molar-refractivity contribution in [3.63, 3.8) is 0 Å². The Hall–Kier alpha value is -3.85. The summed E-state index contributed by atoms with van der Waals surface area (Å²) in [6.45, 7) is 1.74. The minimum absolute atomic E-state index is 0.173. The first-order valence-corrected chi connectivity index (χ1v) is 9.36. The highest BCUT2D eigenvalue weighted by Gasteiger charge is 2.32. The summed E-state index contributed by atoms with van der Waals surface area (Å²) in [5.74, 6) is -1.66. The molecule has 4 rings (SSSR count). The fourth-order valence-corrected chi connectivity index (χ4v) is 3.59. The van der Waals surface area contributed by atoms with Gasteiger partial charge in [-0.05, 0) is 37.1 Å². The van der Waals surface area contributed by atoms with Crippen LogP contribution in [-0.4, -0.2) is 9.78 Å². The van der Waals surface area contributed by atoms with E-state index >= 15 is 0 Å². The second kappa shape index (κ2) is 7.53. The molecule has 0 fully saturated rings. The average Bonchev–Trinajstić information content (AvgIpc) is 2.75. The number of fused-ring (bicyclic) bond motifs is 1. The quantitative estimate of drug-likeness (QED) is 0.499. The van der Waals surface area contributed by atoms with Crippen LogP contribution in [0.25, 0.3) is 16.5 Å². The van der Waals surface area contributed by atoms with Crippen molar-refractivity contribution in [3.05, 3.63) is 106 Å². The van der Waals surface area contributed by atoms with E-state index in [0.29, 0.717) is 29.0 Å². The smallest absolute Gasteiger partial charge is 0.267 e. The van der Waals surface area contributed by atoms with Crippen LogP contribution in [0.2, 0.25) is 0 Å². The van der Waals surface area contributed by atoms with Crippen LogP contribution >= 0.6 is 0 Å². The molecule has 0 spiro atoms. The second-order valence-electron chi connectivity index (χ2n) is 7.31. The lowest BCUT2D eigenvalue weighted by molar-refractivity contribution is 0.550. The van der Waals surface area contributed by atoms with Crippen LogP contribution in [0.1, 0.15) is 18.2 Å². The third kappa shape index (κ3) is 3.35. The van der Waals surface area contributed by atoms with Crippen LogP contribution in [-0.2, 0) is 11.8 Å². The Kier molecular flexibility index (Phi) is 4.88. The molecule has 1 aromatic heterocycles. The van der Waals surface area contributed by atoms with E-state index in [-0.39, 0.29) is 5.69 Å². The summed E-state index contributed by atoms with van der Waals surface area (Å²) in [5.41, 5.74) is -0.522. The summed E-state index contributed by atoms with van der Waals surface area (Å²) in [6, 6.07) is 21.5. The predicted molar refractivity (Wildman–Crippen MR) is 110 cm³/mol. The van der Waals surface area contributed by atoms with Gasteiger partial charge in [0.05, 0.1) is 17.1 Å². The lowest BCUT2D eigenvalue weighted by Gasteiger charge is -2.24. The monoisotopic (exact) mass is 401 g/mol. The summed E-state index contributed by atoms with van der Waals surface area (Å²) in [4.78, 5) is 13.0. The molecule has 1 unspecified atom stereocenters. The number of nitrogens with zero attached hydrogens (tertiary/aromatic N) is 3. The van der Waals surface area contributed by atoms with Gasteiger partial charge in [0.15, 0.2) is 5.82 Å². The highest BCUT2D eigenvalue weighted by atomic mass is 19.1. The Morgan fingerprint density at radius 1 is 1.00 bits per heavy atom. The molecule has 1 heterocycles. The minimum Gasteiger partial charge on any atom is -0.267 e. The van der Waals surface area contributed by atoms with Gasteiger partial charge in [0.25, 0.3) is 5.56 Å². The second-order valence-corrected chi connectivity index (χ2v) is 7.31. The van der Waals surface area contributed by atoms with Crippen LogP contribution in [0.5, 0.6) is 0 Å². The first-order valence-electron chi connectivity index (χ1n) is 9.36. The summed E-state index contributed by atoms with van der Waals surface area (Å²) in [7, 11) is 0. The van der Waals surface area contributed by atoms with Crippen molar-refractivity contribution in [3.8, 4) is 11.8 Å². The number of hydrogen-bond donors (Lipinski definition) is 0. The van der Waals surface area contributed by atoms with E-state index < -0.39 is 22.6 Å². The molecule has 0 aliphatic rings. The molecule has 0 aliphatic carbocycles. The summed E-state index contributed by atoms with van der Waals surface area (Å²) < 4.78 is 28.8. The Morgan fingerprint density at radius 3 is 2.33 bits per heavy atom. The molecule has 30 heavy (non-hydrogen) atoms. The zero-order valence-corrected chi connectivity index (χ0v) is 16.1. The Morgan fingerprint density at radius 2 is 1.67 bits per heavy atom. The molecule has 4 nitrogen and oxygen atoms in total. The molecular weight excluding hydrogens is 384 g/mol. The minimum atomic E-state index is -1.09. The molecule has 0 amide bonds. The summed E-state index contributed by atoms with van der Waals surface area (Å²) in [6.07, 6.45) is 0.353. The van der Waals surface area contributed by atoms with E-state index in [0.717, 1.165) is 16.3 Å². The van der Waals surface area contributed by atoms with E-state index in [4.69, 9.17) is 0 Å². The van der Waals surface area contributed by atoms with Crippen molar-refractivity contribution in [2.24, 2.45) is 0 Å². The summed E-state index contributed by atoms with van der Waals surface area (Å²) >= 11 is 0. The van der Waals surface area contributed by atoms with Crippen molar-refractivity contribution in [2.45, 2.75) is 18.8 Å².